The van der Waals surface area contributed by atoms with Gasteiger partial charge >= 0.3 is 0 Å². The summed E-state index contributed by atoms with van der Waals surface area (Å²) in [6.07, 6.45) is 5.02. The van der Waals surface area contributed by atoms with Crippen molar-refractivity contribution in [3.05, 3.63) is 29.3 Å². The zero-order valence-electron chi connectivity index (χ0n) is 13.4. The van der Waals surface area contributed by atoms with Crippen LogP contribution < -0.4 is 10.1 Å². The van der Waals surface area contributed by atoms with Crippen LogP contribution in [-0.4, -0.2) is 12.6 Å². The second-order valence-corrected chi connectivity index (χ2v) is 6.26. The maximum atomic E-state index is 5.80. The molecule has 0 saturated heterocycles. The van der Waals surface area contributed by atoms with E-state index in [1.165, 1.54) is 30.4 Å². The molecule has 0 aliphatic carbocycles. The molecule has 0 saturated carbocycles. The van der Waals surface area contributed by atoms with Gasteiger partial charge in [0.2, 0.25) is 0 Å². The summed E-state index contributed by atoms with van der Waals surface area (Å²) in [4.78, 5) is 0. The van der Waals surface area contributed by atoms with E-state index in [0.29, 0.717) is 12.1 Å². The fourth-order valence-electron chi connectivity index (χ4n) is 2.88. The zero-order valence-corrected chi connectivity index (χ0v) is 13.4. The highest BCUT2D eigenvalue weighted by atomic mass is 16.5. The van der Waals surface area contributed by atoms with E-state index < -0.39 is 0 Å². The lowest BCUT2D eigenvalue weighted by molar-refractivity contribution is 0.254. The second-order valence-electron chi connectivity index (χ2n) is 6.26. The molecule has 112 valence electrons. The van der Waals surface area contributed by atoms with Crippen LogP contribution in [0.25, 0.3) is 0 Å². The maximum Gasteiger partial charge on any atom is 0.123 e. The lowest BCUT2D eigenvalue weighted by atomic mass is 9.92. The van der Waals surface area contributed by atoms with Gasteiger partial charge in [0.1, 0.15) is 11.9 Å². The van der Waals surface area contributed by atoms with Crippen LogP contribution in [-0.2, 0) is 6.42 Å². The van der Waals surface area contributed by atoms with Crippen molar-refractivity contribution < 1.29 is 4.74 Å². The zero-order chi connectivity index (χ0) is 14.5. The van der Waals surface area contributed by atoms with E-state index >= 15 is 0 Å². The molecule has 0 spiro atoms. The Kier molecular flexibility index (Phi) is 5.47. The molecule has 2 heteroatoms. The summed E-state index contributed by atoms with van der Waals surface area (Å²) in [5.74, 6) is 1.84. The van der Waals surface area contributed by atoms with Crippen molar-refractivity contribution in [1.29, 1.82) is 0 Å². The average Bonchev–Trinajstić information content (AvgIpc) is 2.82. The first-order valence-electron chi connectivity index (χ1n) is 8.16. The quantitative estimate of drug-likeness (QED) is 0.792. The Morgan fingerprint density at radius 2 is 2.15 bits per heavy atom. The van der Waals surface area contributed by atoms with Gasteiger partial charge in [-0.15, -0.1) is 0 Å². The number of hydrogen-bond acceptors (Lipinski definition) is 2. The lowest BCUT2D eigenvalue weighted by Gasteiger charge is -2.22. The Morgan fingerprint density at radius 1 is 1.35 bits per heavy atom. The molecule has 0 radical (unpaired) electrons. The molecule has 1 N–H and O–H groups in total. The first-order chi connectivity index (χ1) is 9.63. The Morgan fingerprint density at radius 3 is 2.85 bits per heavy atom. The molecule has 0 bridgehead atoms. The van der Waals surface area contributed by atoms with Crippen LogP contribution in [0.15, 0.2) is 18.2 Å². The largest absolute Gasteiger partial charge is 0.490 e. The van der Waals surface area contributed by atoms with Crippen LogP contribution in [0.5, 0.6) is 5.75 Å². The molecule has 0 amide bonds. The minimum absolute atomic E-state index is 0.330. The van der Waals surface area contributed by atoms with Gasteiger partial charge in [0, 0.05) is 12.5 Å². The maximum absolute atomic E-state index is 5.80. The van der Waals surface area contributed by atoms with Gasteiger partial charge in [-0.05, 0) is 49.4 Å². The van der Waals surface area contributed by atoms with E-state index in [2.05, 4.69) is 51.2 Å². The molecule has 3 atom stereocenters. The van der Waals surface area contributed by atoms with Crippen molar-refractivity contribution in [3.8, 4) is 5.75 Å². The van der Waals surface area contributed by atoms with Gasteiger partial charge in [0.15, 0.2) is 0 Å². The van der Waals surface area contributed by atoms with E-state index in [1.54, 1.807) is 0 Å². The number of ether oxygens (including phenoxy) is 1. The Labute approximate surface area is 123 Å². The third-order valence-electron chi connectivity index (χ3n) is 4.30. The highest BCUT2D eigenvalue weighted by Gasteiger charge is 2.21. The van der Waals surface area contributed by atoms with Crippen LogP contribution >= 0.6 is 0 Å². The van der Waals surface area contributed by atoms with E-state index in [4.69, 9.17) is 4.74 Å². The molecule has 1 aromatic rings. The standard InChI is InChI=1S/C18H29NO/c1-5-9-19-17(10-13(3)6-2)15-7-8-18-16(12-15)11-14(4)20-18/h7-8,12-14,17,19H,5-6,9-11H2,1-4H3. The summed E-state index contributed by atoms with van der Waals surface area (Å²) in [5.41, 5.74) is 2.80. The predicted octanol–water partition coefficient (Wildman–Crippen LogP) is 4.49. The molecule has 20 heavy (non-hydrogen) atoms. The summed E-state index contributed by atoms with van der Waals surface area (Å²) >= 11 is 0. The average molecular weight is 275 g/mol. The van der Waals surface area contributed by atoms with Crippen LogP contribution in [0.3, 0.4) is 0 Å². The number of rotatable bonds is 7. The van der Waals surface area contributed by atoms with Crippen LogP contribution in [0.2, 0.25) is 0 Å². The normalized spacial score (nSPS) is 20.3. The highest BCUT2D eigenvalue weighted by molar-refractivity contribution is 5.41. The molecule has 2 rings (SSSR count). The number of fused-ring (bicyclic) bond motifs is 1. The van der Waals surface area contributed by atoms with Gasteiger partial charge in [0.05, 0.1) is 0 Å². The lowest BCUT2D eigenvalue weighted by Crippen LogP contribution is -2.24. The number of benzene rings is 1. The van der Waals surface area contributed by atoms with Gasteiger partial charge in [-0.2, -0.15) is 0 Å². The van der Waals surface area contributed by atoms with Crippen molar-refractivity contribution in [2.24, 2.45) is 5.92 Å². The Balaban J connectivity index is 2.13. The van der Waals surface area contributed by atoms with E-state index in [-0.39, 0.29) is 0 Å². The first-order valence-corrected chi connectivity index (χ1v) is 8.16. The summed E-state index contributed by atoms with van der Waals surface area (Å²) in [5, 5.41) is 3.71. The monoisotopic (exact) mass is 275 g/mol. The first kappa shape index (κ1) is 15.4. The Bertz CT molecular complexity index is 429. The Hall–Kier alpha value is -1.02. The van der Waals surface area contributed by atoms with E-state index in [1.807, 2.05) is 0 Å². The van der Waals surface area contributed by atoms with Gasteiger partial charge in [-0.25, -0.2) is 0 Å². The second kappa shape index (κ2) is 7.12. The molecule has 3 unspecified atom stereocenters. The van der Waals surface area contributed by atoms with Crippen molar-refractivity contribution in [2.45, 2.75) is 65.5 Å². The molecule has 1 heterocycles. The van der Waals surface area contributed by atoms with Crippen molar-refractivity contribution in [1.82, 2.24) is 5.32 Å². The van der Waals surface area contributed by atoms with Crippen LogP contribution in [0.1, 0.15) is 64.1 Å². The molecule has 0 fully saturated rings. The molecule has 0 aromatic heterocycles. The smallest absolute Gasteiger partial charge is 0.123 e. The summed E-state index contributed by atoms with van der Waals surface area (Å²) < 4.78 is 5.80. The summed E-state index contributed by atoms with van der Waals surface area (Å²) in [6, 6.07) is 7.23. The molecule has 1 aliphatic heterocycles. The molecule has 1 aliphatic rings. The third kappa shape index (κ3) is 3.76. The van der Waals surface area contributed by atoms with Gasteiger partial charge < -0.3 is 10.1 Å². The summed E-state index contributed by atoms with van der Waals surface area (Å²) in [7, 11) is 0. The van der Waals surface area contributed by atoms with Gasteiger partial charge in [0.25, 0.3) is 0 Å². The van der Waals surface area contributed by atoms with Crippen molar-refractivity contribution >= 4 is 0 Å². The third-order valence-corrected chi connectivity index (χ3v) is 4.30. The molecular formula is C18H29NO. The molecular weight excluding hydrogens is 246 g/mol. The topological polar surface area (TPSA) is 21.3 Å². The van der Waals surface area contributed by atoms with Crippen molar-refractivity contribution in [2.75, 3.05) is 6.54 Å². The van der Waals surface area contributed by atoms with Gasteiger partial charge in [-0.1, -0.05) is 39.3 Å². The van der Waals surface area contributed by atoms with E-state index in [0.717, 1.165) is 24.6 Å². The SMILES string of the molecule is CCCNC(CC(C)CC)c1ccc2c(c1)CC(C)O2. The number of hydrogen-bond donors (Lipinski definition) is 1. The van der Waals surface area contributed by atoms with Gasteiger partial charge in [-0.3, -0.25) is 0 Å². The van der Waals surface area contributed by atoms with Crippen LogP contribution in [0.4, 0.5) is 0 Å². The molecule has 1 aromatic carbocycles. The van der Waals surface area contributed by atoms with Crippen LogP contribution in [0, 0.1) is 5.92 Å². The summed E-state index contributed by atoms with van der Waals surface area (Å²) in [6.45, 7) is 10.1. The fraction of sp³-hybridized carbons (Fsp3) is 0.667. The minimum Gasteiger partial charge on any atom is -0.490 e. The molecule has 2 nitrogen and oxygen atoms in total. The highest BCUT2D eigenvalue weighted by Crippen LogP contribution is 2.32. The minimum atomic E-state index is 0.330. The number of nitrogens with one attached hydrogen (secondary N) is 1. The fourth-order valence-corrected chi connectivity index (χ4v) is 2.88. The van der Waals surface area contributed by atoms with E-state index in [9.17, 15) is 0 Å². The predicted molar refractivity (Wildman–Crippen MR) is 85.3 cm³/mol. The van der Waals surface area contributed by atoms with Crippen molar-refractivity contribution in [3.63, 3.8) is 0 Å².